The van der Waals surface area contributed by atoms with E-state index in [9.17, 15) is 4.39 Å². The summed E-state index contributed by atoms with van der Waals surface area (Å²) in [7, 11) is 0. The fourth-order valence-electron chi connectivity index (χ4n) is 0.212. The highest BCUT2D eigenvalue weighted by Crippen LogP contribution is 1.87. The molecule has 0 radical (unpaired) electrons. The van der Waals surface area contributed by atoms with Gasteiger partial charge in [0.1, 0.15) is 6.07 Å². The highest BCUT2D eigenvalue weighted by molar-refractivity contribution is 4.99. The Hall–Kier alpha value is -0.840. The summed E-state index contributed by atoms with van der Waals surface area (Å²) < 4.78 is 11.7. The molecule has 0 heterocycles. The number of hydrogen-bond donors (Lipinski definition) is 0. The SMILES string of the molecule is CC=CC(F)C#N. The number of allylic oxidation sites excluding steroid dienone is 2. The molecule has 1 nitrogen and oxygen atoms in total. The number of nitriles is 1. The summed E-state index contributed by atoms with van der Waals surface area (Å²) >= 11 is 0. The standard InChI is InChI=1S/C5H6FN/c1-2-3-5(6)4-7/h2-3,5H,1H3. The molecule has 0 aliphatic heterocycles. The third-order valence-corrected chi connectivity index (χ3v) is 0.485. The van der Waals surface area contributed by atoms with E-state index in [1.54, 1.807) is 6.92 Å². The Kier molecular flexibility index (Phi) is 2.95. The fraction of sp³-hybridized carbons (Fsp3) is 0.400. The number of nitrogens with zero attached hydrogens (tertiary/aromatic N) is 1. The zero-order valence-corrected chi connectivity index (χ0v) is 4.06. The maximum absolute atomic E-state index is 11.7. The van der Waals surface area contributed by atoms with Gasteiger partial charge in [-0.1, -0.05) is 6.08 Å². The second kappa shape index (κ2) is 3.35. The molecule has 0 saturated heterocycles. The Morgan fingerprint density at radius 2 is 2.43 bits per heavy atom. The minimum atomic E-state index is -1.43. The van der Waals surface area contributed by atoms with Crippen LogP contribution in [0.4, 0.5) is 4.39 Å². The molecule has 38 valence electrons. The van der Waals surface area contributed by atoms with Crippen LogP contribution in [0.5, 0.6) is 0 Å². The number of rotatable bonds is 1. The van der Waals surface area contributed by atoms with Crippen molar-refractivity contribution in [1.82, 2.24) is 0 Å². The van der Waals surface area contributed by atoms with Crippen molar-refractivity contribution in [2.75, 3.05) is 0 Å². The van der Waals surface area contributed by atoms with Gasteiger partial charge in [-0.3, -0.25) is 0 Å². The van der Waals surface area contributed by atoms with E-state index in [0.29, 0.717) is 0 Å². The Morgan fingerprint density at radius 3 is 2.57 bits per heavy atom. The van der Waals surface area contributed by atoms with Gasteiger partial charge in [0.2, 0.25) is 6.17 Å². The predicted octanol–water partition coefficient (Wildman–Crippen LogP) is 1.42. The van der Waals surface area contributed by atoms with Crippen LogP contribution >= 0.6 is 0 Å². The van der Waals surface area contributed by atoms with Crippen LogP contribution in [0.2, 0.25) is 0 Å². The summed E-state index contributed by atoms with van der Waals surface area (Å²) in [6.07, 6.45) is 1.28. The fourth-order valence-corrected chi connectivity index (χ4v) is 0.212. The normalized spacial score (nSPS) is 13.9. The summed E-state index contributed by atoms with van der Waals surface area (Å²) in [6, 6.07) is 1.41. The average Bonchev–Trinajstić information content (AvgIpc) is 1.68. The van der Waals surface area contributed by atoms with Crippen LogP contribution < -0.4 is 0 Å². The lowest BCUT2D eigenvalue weighted by Gasteiger charge is -1.79. The predicted molar refractivity (Wildman–Crippen MR) is 25.3 cm³/mol. The van der Waals surface area contributed by atoms with Gasteiger partial charge < -0.3 is 0 Å². The first kappa shape index (κ1) is 6.16. The number of alkyl halides is 1. The monoisotopic (exact) mass is 99.0 g/mol. The van der Waals surface area contributed by atoms with Crippen molar-refractivity contribution in [3.63, 3.8) is 0 Å². The van der Waals surface area contributed by atoms with Gasteiger partial charge >= 0.3 is 0 Å². The zero-order chi connectivity index (χ0) is 5.70. The molecule has 0 aromatic heterocycles. The molecule has 0 N–H and O–H groups in total. The molecule has 0 spiro atoms. The molecule has 2 heteroatoms. The zero-order valence-electron chi connectivity index (χ0n) is 4.06. The van der Waals surface area contributed by atoms with Crippen molar-refractivity contribution < 1.29 is 4.39 Å². The number of halogens is 1. The smallest absolute Gasteiger partial charge is 0.204 e. The van der Waals surface area contributed by atoms with E-state index >= 15 is 0 Å². The second-order valence-electron chi connectivity index (χ2n) is 1.06. The lowest BCUT2D eigenvalue weighted by atomic mass is 10.4. The van der Waals surface area contributed by atoms with Gasteiger partial charge in [-0.2, -0.15) is 5.26 Å². The third-order valence-electron chi connectivity index (χ3n) is 0.485. The van der Waals surface area contributed by atoms with Crippen molar-refractivity contribution in [3.05, 3.63) is 12.2 Å². The summed E-state index contributed by atoms with van der Waals surface area (Å²) in [5.74, 6) is 0. The Morgan fingerprint density at radius 1 is 1.86 bits per heavy atom. The molecule has 0 fully saturated rings. The molecular weight excluding hydrogens is 93.1 g/mol. The van der Waals surface area contributed by atoms with Gasteiger partial charge in [0.25, 0.3) is 0 Å². The maximum atomic E-state index is 11.7. The molecule has 0 aromatic carbocycles. The topological polar surface area (TPSA) is 23.8 Å². The minimum Gasteiger partial charge on any atom is -0.226 e. The van der Waals surface area contributed by atoms with Crippen molar-refractivity contribution in [2.24, 2.45) is 0 Å². The van der Waals surface area contributed by atoms with Gasteiger partial charge in [-0.25, -0.2) is 4.39 Å². The van der Waals surface area contributed by atoms with Crippen molar-refractivity contribution in [3.8, 4) is 6.07 Å². The molecular formula is C5H6FN. The molecule has 0 aromatic rings. The molecule has 0 aliphatic carbocycles. The van der Waals surface area contributed by atoms with Crippen LogP contribution in [0.1, 0.15) is 6.92 Å². The highest BCUT2D eigenvalue weighted by atomic mass is 19.1. The molecule has 0 bridgehead atoms. The van der Waals surface area contributed by atoms with E-state index in [4.69, 9.17) is 5.26 Å². The minimum absolute atomic E-state index is 1.19. The Bertz CT molecular complexity index is 101. The van der Waals surface area contributed by atoms with Crippen LogP contribution in [-0.2, 0) is 0 Å². The Balaban J connectivity index is 3.42. The molecule has 0 rings (SSSR count). The van der Waals surface area contributed by atoms with E-state index in [0.717, 1.165) is 0 Å². The van der Waals surface area contributed by atoms with Gasteiger partial charge in [-0.15, -0.1) is 0 Å². The molecule has 7 heavy (non-hydrogen) atoms. The first-order chi connectivity index (χ1) is 3.31. The average molecular weight is 99.1 g/mol. The lowest BCUT2D eigenvalue weighted by Crippen LogP contribution is -1.84. The first-order valence-electron chi connectivity index (χ1n) is 1.97. The van der Waals surface area contributed by atoms with Crippen LogP contribution in [-0.4, -0.2) is 6.17 Å². The van der Waals surface area contributed by atoms with E-state index in [1.807, 2.05) is 0 Å². The van der Waals surface area contributed by atoms with Crippen molar-refractivity contribution in [2.45, 2.75) is 13.1 Å². The van der Waals surface area contributed by atoms with Gasteiger partial charge in [0.05, 0.1) is 0 Å². The summed E-state index contributed by atoms with van der Waals surface area (Å²) in [5.41, 5.74) is 0. The third kappa shape index (κ3) is 2.98. The van der Waals surface area contributed by atoms with Gasteiger partial charge in [0.15, 0.2) is 0 Å². The van der Waals surface area contributed by atoms with Crippen LogP contribution in [0.3, 0.4) is 0 Å². The lowest BCUT2D eigenvalue weighted by molar-refractivity contribution is 0.477. The highest BCUT2D eigenvalue weighted by Gasteiger charge is 1.91. The van der Waals surface area contributed by atoms with Crippen molar-refractivity contribution in [1.29, 1.82) is 5.26 Å². The first-order valence-corrected chi connectivity index (χ1v) is 1.97. The van der Waals surface area contributed by atoms with Crippen LogP contribution in [0.15, 0.2) is 12.2 Å². The van der Waals surface area contributed by atoms with Crippen molar-refractivity contribution >= 4 is 0 Å². The van der Waals surface area contributed by atoms with Crippen LogP contribution in [0.25, 0.3) is 0 Å². The molecule has 0 amide bonds. The largest absolute Gasteiger partial charge is 0.226 e. The summed E-state index contributed by atoms with van der Waals surface area (Å²) in [6.45, 7) is 1.67. The molecule has 0 aliphatic rings. The molecule has 0 saturated carbocycles. The van der Waals surface area contributed by atoms with E-state index < -0.39 is 6.17 Å². The molecule has 1 unspecified atom stereocenters. The quantitative estimate of drug-likeness (QED) is 0.456. The second-order valence-corrected chi connectivity index (χ2v) is 1.06. The van der Waals surface area contributed by atoms with E-state index in [1.165, 1.54) is 18.2 Å². The maximum Gasteiger partial charge on any atom is 0.204 e. The van der Waals surface area contributed by atoms with E-state index in [-0.39, 0.29) is 0 Å². The van der Waals surface area contributed by atoms with Gasteiger partial charge in [0, 0.05) is 0 Å². The van der Waals surface area contributed by atoms with Crippen LogP contribution in [0, 0.1) is 11.3 Å². The Labute approximate surface area is 42.1 Å². The molecule has 1 atom stereocenters. The number of hydrogen-bond acceptors (Lipinski definition) is 1. The summed E-state index contributed by atoms with van der Waals surface area (Å²) in [4.78, 5) is 0. The summed E-state index contributed by atoms with van der Waals surface area (Å²) in [5, 5.41) is 7.79. The van der Waals surface area contributed by atoms with E-state index in [2.05, 4.69) is 0 Å². The van der Waals surface area contributed by atoms with Gasteiger partial charge in [-0.05, 0) is 13.0 Å².